The Morgan fingerprint density at radius 1 is 1.15 bits per heavy atom. The number of piperidine rings is 2. The number of carboxylic acids is 1. The lowest BCUT2D eigenvalue weighted by molar-refractivity contribution is 0.0696. The fourth-order valence-electron chi connectivity index (χ4n) is 4.78. The monoisotopic (exact) mass is 471 g/mol. The number of aromatic carboxylic acids is 1. The first-order valence-corrected chi connectivity index (χ1v) is 11.7. The lowest BCUT2D eigenvalue weighted by Gasteiger charge is -2.38. The van der Waals surface area contributed by atoms with Crippen LogP contribution in [-0.2, 0) is 0 Å². The average Bonchev–Trinajstić information content (AvgIpc) is 2.81. The Morgan fingerprint density at radius 3 is 2.52 bits per heavy atom. The topological polar surface area (TPSA) is 76.8 Å². The number of nitriles is 1. The summed E-state index contributed by atoms with van der Waals surface area (Å²) in [4.78, 5) is 15.8. The number of hydrogen-bond acceptors (Lipinski definition) is 5. The zero-order valence-corrected chi connectivity index (χ0v) is 19.1. The fourth-order valence-corrected chi connectivity index (χ4v) is 4.99. The van der Waals surface area contributed by atoms with Crippen LogP contribution in [0.5, 0.6) is 5.75 Å². The van der Waals surface area contributed by atoms with Gasteiger partial charge in [-0.25, -0.2) is 9.18 Å². The third kappa shape index (κ3) is 5.58. The molecular weight excluding hydrogens is 445 g/mol. The summed E-state index contributed by atoms with van der Waals surface area (Å²) in [6.07, 6.45) is 3.80. The Morgan fingerprint density at radius 2 is 1.88 bits per heavy atom. The molecule has 1 N–H and O–H groups in total. The van der Waals surface area contributed by atoms with Crippen molar-refractivity contribution in [1.82, 2.24) is 4.90 Å². The van der Waals surface area contributed by atoms with Crippen LogP contribution in [0.25, 0.3) is 0 Å². The van der Waals surface area contributed by atoms with E-state index >= 15 is 0 Å². The van der Waals surface area contributed by atoms with Crippen LogP contribution in [0, 0.1) is 23.1 Å². The molecule has 4 rings (SSSR count). The van der Waals surface area contributed by atoms with Gasteiger partial charge in [0, 0.05) is 38.8 Å². The molecule has 33 heavy (non-hydrogen) atoms. The number of anilines is 1. The molecule has 0 aromatic heterocycles. The minimum atomic E-state index is -1.10. The van der Waals surface area contributed by atoms with Crippen molar-refractivity contribution >= 4 is 23.3 Å². The summed E-state index contributed by atoms with van der Waals surface area (Å²) in [7, 11) is 0. The van der Waals surface area contributed by atoms with Crippen molar-refractivity contribution in [3.63, 3.8) is 0 Å². The number of para-hydroxylation sites is 1. The molecule has 0 saturated carbocycles. The predicted molar refractivity (Wildman–Crippen MR) is 125 cm³/mol. The van der Waals surface area contributed by atoms with Gasteiger partial charge in [0.15, 0.2) is 0 Å². The van der Waals surface area contributed by atoms with Crippen LogP contribution in [0.3, 0.4) is 0 Å². The van der Waals surface area contributed by atoms with Crippen molar-refractivity contribution in [3.8, 4) is 11.8 Å². The van der Waals surface area contributed by atoms with Crippen LogP contribution in [-0.4, -0.2) is 54.8 Å². The Bertz CT molecular complexity index is 1040. The number of halogens is 2. The molecule has 0 aliphatic carbocycles. The molecule has 8 heteroatoms. The highest BCUT2D eigenvalue weighted by Gasteiger charge is 2.28. The summed E-state index contributed by atoms with van der Waals surface area (Å²) in [5, 5.41) is 18.8. The highest BCUT2D eigenvalue weighted by Crippen LogP contribution is 2.30. The van der Waals surface area contributed by atoms with E-state index in [2.05, 4.69) is 11.0 Å². The second kappa shape index (κ2) is 10.4. The first-order valence-electron chi connectivity index (χ1n) is 11.3. The molecule has 0 unspecified atom stereocenters. The first-order chi connectivity index (χ1) is 15.9. The van der Waals surface area contributed by atoms with Crippen molar-refractivity contribution in [3.05, 3.63) is 58.4 Å². The molecule has 2 saturated heterocycles. The van der Waals surface area contributed by atoms with Gasteiger partial charge in [0.1, 0.15) is 23.7 Å². The number of likely N-dealkylation sites (tertiary alicyclic amines) is 1. The molecule has 2 fully saturated rings. The second-order valence-corrected chi connectivity index (χ2v) is 9.15. The van der Waals surface area contributed by atoms with Crippen molar-refractivity contribution in [2.24, 2.45) is 5.92 Å². The summed E-state index contributed by atoms with van der Waals surface area (Å²) >= 11 is 6.10. The number of rotatable bonds is 6. The van der Waals surface area contributed by atoms with Gasteiger partial charge >= 0.3 is 5.97 Å². The molecule has 2 aliphatic rings. The van der Waals surface area contributed by atoms with Crippen molar-refractivity contribution < 1.29 is 19.0 Å². The van der Waals surface area contributed by atoms with Crippen LogP contribution in [0.15, 0.2) is 36.4 Å². The number of ether oxygens (including phenoxy) is 1. The maximum absolute atomic E-state index is 14.4. The van der Waals surface area contributed by atoms with E-state index in [0.29, 0.717) is 35.3 Å². The lowest BCUT2D eigenvalue weighted by Crippen LogP contribution is -2.43. The zero-order valence-electron chi connectivity index (χ0n) is 18.3. The molecule has 0 spiro atoms. The first kappa shape index (κ1) is 23.3. The van der Waals surface area contributed by atoms with Gasteiger partial charge in [-0.2, -0.15) is 5.26 Å². The summed E-state index contributed by atoms with van der Waals surface area (Å²) in [6.45, 7) is 4.21. The maximum atomic E-state index is 14.4. The minimum absolute atomic E-state index is 0.0269. The van der Waals surface area contributed by atoms with Crippen molar-refractivity contribution in [2.75, 3.05) is 37.6 Å². The molecule has 2 heterocycles. The molecule has 0 atom stereocenters. The quantitative estimate of drug-likeness (QED) is 0.651. The van der Waals surface area contributed by atoms with E-state index in [-0.39, 0.29) is 17.4 Å². The van der Waals surface area contributed by atoms with E-state index in [1.807, 2.05) is 4.90 Å². The van der Waals surface area contributed by atoms with Gasteiger partial charge in [0.2, 0.25) is 0 Å². The lowest BCUT2D eigenvalue weighted by atomic mass is 9.94. The average molecular weight is 472 g/mol. The molecule has 0 radical (unpaired) electrons. The zero-order chi connectivity index (χ0) is 23.4. The highest BCUT2D eigenvalue weighted by molar-refractivity contribution is 6.31. The fraction of sp³-hybridized carbons (Fsp3) is 0.440. The number of carbonyl (C=O) groups is 1. The van der Waals surface area contributed by atoms with E-state index in [9.17, 15) is 14.3 Å². The minimum Gasteiger partial charge on any atom is -0.490 e. The Hall–Kier alpha value is -2.82. The number of nitrogens with zero attached hydrogens (tertiary/aromatic N) is 3. The smallest absolute Gasteiger partial charge is 0.337 e. The number of benzene rings is 2. The second-order valence-electron chi connectivity index (χ2n) is 8.74. The SMILES string of the molecule is N#Cc1ccc(OC2CCN(CC3CCN(c4c(F)cccc4C(=O)O)CC3)CC2)cc1Cl. The highest BCUT2D eigenvalue weighted by atomic mass is 35.5. The van der Waals surface area contributed by atoms with Crippen LogP contribution < -0.4 is 9.64 Å². The van der Waals surface area contributed by atoms with Gasteiger partial charge in [-0.1, -0.05) is 17.7 Å². The molecular formula is C25H27ClFN3O3. The standard InChI is InChI=1S/C25H27ClFN3O3/c26-22-14-20(5-4-18(22)15-28)33-19-8-10-29(11-9-19)16-17-6-12-30(13-7-17)24-21(25(31)32)2-1-3-23(24)27/h1-5,14,17,19H,6-13,16H2,(H,31,32). The molecule has 2 aromatic carbocycles. The number of hydrogen-bond donors (Lipinski definition) is 1. The van der Waals surface area contributed by atoms with Gasteiger partial charge in [0.05, 0.1) is 21.8 Å². The van der Waals surface area contributed by atoms with Gasteiger partial charge in [0.25, 0.3) is 0 Å². The van der Waals surface area contributed by atoms with Crippen molar-refractivity contribution in [1.29, 1.82) is 5.26 Å². The third-order valence-electron chi connectivity index (χ3n) is 6.56. The van der Waals surface area contributed by atoms with E-state index in [1.165, 1.54) is 18.2 Å². The molecule has 2 aliphatic heterocycles. The summed E-state index contributed by atoms with van der Waals surface area (Å²) in [5.74, 6) is -0.367. The molecule has 2 aromatic rings. The normalized spacial score (nSPS) is 18.2. The maximum Gasteiger partial charge on any atom is 0.337 e. The third-order valence-corrected chi connectivity index (χ3v) is 6.88. The summed E-state index contributed by atoms with van der Waals surface area (Å²) < 4.78 is 20.4. The number of carboxylic acid groups (broad SMARTS) is 1. The van der Waals surface area contributed by atoms with E-state index < -0.39 is 11.8 Å². The molecule has 0 amide bonds. The van der Waals surface area contributed by atoms with Crippen LogP contribution in [0.4, 0.5) is 10.1 Å². The summed E-state index contributed by atoms with van der Waals surface area (Å²) in [6, 6.07) is 11.5. The molecule has 6 nitrogen and oxygen atoms in total. The van der Waals surface area contributed by atoms with Gasteiger partial charge in [-0.05, 0) is 55.9 Å². The van der Waals surface area contributed by atoms with Crippen LogP contribution in [0.1, 0.15) is 41.6 Å². The Balaban J connectivity index is 1.24. The largest absolute Gasteiger partial charge is 0.490 e. The van der Waals surface area contributed by atoms with E-state index in [0.717, 1.165) is 45.3 Å². The van der Waals surface area contributed by atoms with Crippen LogP contribution >= 0.6 is 11.6 Å². The van der Waals surface area contributed by atoms with Crippen LogP contribution in [0.2, 0.25) is 5.02 Å². The summed E-state index contributed by atoms with van der Waals surface area (Å²) in [5.41, 5.74) is 0.683. The van der Waals surface area contributed by atoms with Gasteiger partial charge < -0.3 is 19.6 Å². The van der Waals surface area contributed by atoms with Gasteiger partial charge in [-0.3, -0.25) is 0 Å². The Labute approximate surface area is 198 Å². The Kier molecular flexibility index (Phi) is 7.36. The molecule has 0 bridgehead atoms. The molecule has 174 valence electrons. The van der Waals surface area contributed by atoms with Crippen molar-refractivity contribution in [2.45, 2.75) is 31.8 Å². The van der Waals surface area contributed by atoms with E-state index in [4.69, 9.17) is 21.6 Å². The van der Waals surface area contributed by atoms with E-state index in [1.54, 1.807) is 18.2 Å². The van der Waals surface area contributed by atoms with Gasteiger partial charge in [-0.15, -0.1) is 0 Å². The predicted octanol–water partition coefficient (Wildman–Crippen LogP) is 4.81.